The Bertz CT molecular complexity index is 290. The molecule has 0 bridgehead atoms. The molecule has 0 saturated heterocycles. The van der Waals surface area contributed by atoms with Crippen molar-refractivity contribution in [2.75, 3.05) is 6.61 Å². The Hall–Kier alpha value is -0.430. The van der Waals surface area contributed by atoms with Crippen LogP contribution in [0.3, 0.4) is 0 Å². The van der Waals surface area contributed by atoms with E-state index in [0.29, 0.717) is 6.04 Å². The highest BCUT2D eigenvalue weighted by Crippen LogP contribution is 2.16. The van der Waals surface area contributed by atoms with Crippen LogP contribution in [0.2, 0.25) is 0 Å². The first kappa shape index (κ1) is 9.14. The highest BCUT2D eigenvalue weighted by molar-refractivity contribution is 7.09. The van der Waals surface area contributed by atoms with Crippen molar-refractivity contribution < 1.29 is 4.52 Å². The average molecular weight is 195 g/mol. The average Bonchev–Trinajstić information content (AvgIpc) is 2.18. The largest absolute Gasteiger partial charge is 0.364 e. The highest BCUT2D eigenvalue weighted by Gasteiger charge is 2.16. The summed E-state index contributed by atoms with van der Waals surface area (Å²) in [4.78, 5) is 0. The molecule has 1 N–H and O–H groups in total. The lowest BCUT2D eigenvalue weighted by molar-refractivity contribution is 0.291. The normalized spacial score (nSPS) is 21.2. The minimum atomic E-state index is 0.465. The summed E-state index contributed by atoms with van der Waals surface area (Å²) in [6.45, 7) is 1.73. The van der Waals surface area contributed by atoms with Crippen molar-refractivity contribution in [2.24, 2.45) is 0 Å². The fraction of sp³-hybridized carbons (Fsp3) is 0.400. The van der Waals surface area contributed by atoms with E-state index < -0.39 is 0 Å². The van der Waals surface area contributed by atoms with Crippen LogP contribution in [0.5, 0.6) is 0 Å². The van der Waals surface area contributed by atoms with E-state index in [1.165, 1.54) is 11.1 Å². The van der Waals surface area contributed by atoms with E-state index in [9.17, 15) is 0 Å². The van der Waals surface area contributed by atoms with Crippen LogP contribution in [0.25, 0.3) is 0 Å². The summed E-state index contributed by atoms with van der Waals surface area (Å²) in [6, 6.07) is 9.04. The summed E-state index contributed by atoms with van der Waals surface area (Å²) in [6.07, 6.45) is 1.07. The summed E-state index contributed by atoms with van der Waals surface area (Å²) in [7, 11) is 2.30. The zero-order valence-electron chi connectivity index (χ0n) is 7.49. The predicted molar refractivity (Wildman–Crippen MR) is 56.4 cm³/mol. The topological polar surface area (TPSA) is 21.3 Å². The van der Waals surface area contributed by atoms with Crippen molar-refractivity contribution in [1.82, 2.24) is 5.32 Å². The molecule has 1 aromatic rings. The Morgan fingerprint density at radius 3 is 2.92 bits per heavy atom. The molecule has 2 atom stereocenters. The molecule has 2 rings (SSSR count). The molecule has 0 fully saturated rings. The summed E-state index contributed by atoms with van der Waals surface area (Å²) in [5.41, 5.74) is 2.87. The van der Waals surface area contributed by atoms with E-state index >= 15 is 0 Å². The monoisotopic (exact) mass is 195 g/mol. The third kappa shape index (κ3) is 2.08. The van der Waals surface area contributed by atoms with Gasteiger partial charge in [-0.2, -0.15) is 0 Å². The number of fused-ring (bicyclic) bond motifs is 1. The molecular weight excluding hydrogens is 181 g/mol. The maximum atomic E-state index is 5.05. The first-order valence-electron chi connectivity index (χ1n) is 4.52. The van der Waals surface area contributed by atoms with Crippen molar-refractivity contribution in [2.45, 2.75) is 19.0 Å². The number of benzene rings is 1. The van der Waals surface area contributed by atoms with E-state index in [2.05, 4.69) is 39.0 Å². The number of nitrogens with one attached hydrogen (secondary N) is 1. The van der Waals surface area contributed by atoms with Crippen LogP contribution < -0.4 is 5.32 Å². The Morgan fingerprint density at radius 1 is 1.38 bits per heavy atom. The lowest BCUT2D eigenvalue weighted by Crippen LogP contribution is -2.38. The molecule has 0 amide bonds. The van der Waals surface area contributed by atoms with Gasteiger partial charge in [0.25, 0.3) is 0 Å². The van der Waals surface area contributed by atoms with Crippen molar-refractivity contribution >= 4 is 9.47 Å². The zero-order chi connectivity index (χ0) is 9.10. The maximum absolute atomic E-state index is 5.05. The third-order valence-corrected chi connectivity index (χ3v) is 2.66. The number of hydrogen-bond donors (Lipinski definition) is 1. The second kappa shape index (κ2) is 4.19. The highest BCUT2D eigenvalue weighted by atomic mass is 31.0. The van der Waals surface area contributed by atoms with Crippen molar-refractivity contribution in [1.29, 1.82) is 0 Å². The van der Waals surface area contributed by atoms with Crippen LogP contribution >= 0.6 is 9.47 Å². The van der Waals surface area contributed by atoms with Gasteiger partial charge in [0.15, 0.2) is 0 Å². The quantitative estimate of drug-likeness (QED) is 0.722. The molecule has 2 unspecified atom stereocenters. The SMILES string of the molecule is POCC1Cc2ccccc2CN1. The van der Waals surface area contributed by atoms with Gasteiger partial charge in [0.1, 0.15) is 0 Å². The van der Waals surface area contributed by atoms with Crippen molar-refractivity contribution in [3.63, 3.8) is 0 Å². The van der Waals surface area contributed by atoms with E-state index in [0.717, 1.165) is 19.6 Å². The molecule has 1 aliphatic rings. The van der Waals surface area contributed by atoms with Gasteiger partial charge < -0.3 is 9.84 Å². The molecule has 13 heavy (non-hydrogen) atoms. The zero-order valence-corrected chi connectivity index (χ0v) is 8.65. The lowest BCUT2D eigenvalue weighted by atomic mass is 9.96. The van der Waals surface area contributed by atoms with Gasteiger partial charge in [-0.05, 0) is 17.5 Å². The molecule has 3 heteroatoms. The Kier molecular flexibility index (Phi) is 2.94. The predicted octanol–water partition coefficient (Wildman–Crippen LogP) is 1.51. The van der Waals surface area contributed by atoms with Gasteiger partial charge in [-0.1, -0.05) is 24.3 Å². The fourth-order valence-corrected chi connectivity index (χ4v) is 1.99. The first-order chi connectivity index (χ1) is 6.40. The van der Waals surface area contributed by atoms with Crippen LogP contribution in [-0.2, 0) is 17.5 Å². The Balaban J connectivity index is 2.11. The second-order valence-corrected chi connectivity index (χ2v) is 3.72. The number of hydrogen-bond acceptors (Lipinski definition) is 2. The van der Waals surface area contributed by atoms with Gasteiger partial charge in [-0.25, -0.2) is 0 Å². The Labute approximate surface area is 81.0 Å². The van der Waals surface area contributed by atoms with Crippen LogP contribution in [0.15, 0.2) is 24.3 Å². The number of rotatable bonds is 2. The van der Waals surface area contributed by atoms with Gasteiger partial charge in [0.2, 0.25) is 0 Å². The van der Waals surface area contributed by atoms with Gasteiger partial charge >= 0.3 is 0 Å². The van der Waals surface area contributed by atoms with E-state index in [-0.39, 0.29) is 0 Å². The molecule has 0 aromatic heterocycles. The van der Waals surface area contributed by atoms with E-state index in [1.54, 1.807) is 0 Å². The van der Waals surface area contributed by atoms with Crippen LogP contribution in [0.4, 0.5) is 0 Å². The van der Waals surface area contributed by atoms with Gasteiger partial charge in [0, 0.05) is 22.1 Å². The summed E-state index contributed by atoms with van der Waals surface area (Å²) in [5.74, 6) is 0. The molecule has 1 heterocycles. The molecular formula is C10H14NOP. The molecule has 0 aliphatic carbocycles. The summed E-state index contributed by atoms with van der Waals surface area (Å²) >= 11 is 0. The van der Waals surface area contributed by atoms with E-state index in [4.69, 9.17) is 4.52 Å². The van der Waals surface area contributed by atoms with Crippen molar-refractivity contribution in [3.05, 3.63) is 35.4 Å². The van der Waals surface area contributed by atoms with Crippen LogP contribution in [-0.4, -0.2) is 12.6 Å². The van der Waals surface area contributed by atoms with Crippen LogP contribution in [0.1, 0.15) is 11.1 Å². The van der Waals surface area contributed by atoms with E-state index in [1.807, 2.05) is 0 Å². The summed E-state index contributed by atoms with van der Waals surface area (Å²) in [5, 5.41) is 3.44. The molecule has 2 nitrogen and oxygen atoms in total. The first-order valence-corrected chi connectivity index (χ1v) is 4.99. The molecule has 70 valence electrons. The molecule has 1 aromatic carbocycles. The molecule has 0 radical (unpaired) electrons. The molecule has 0 spiro atoms. The summed E-state index contributed by atoms with van der Waals surface area (Å²) < 4.78 is 5.05. The molecule has 0 saturated carbocycles. The van der Waals surface area contributed by atoms with Gasteiger partial charge in [0.05, 0.1) is 6.61 Å². The Morgan fingerprint density at radius 2 is 2.15 bits per heavy atom. The third-order valence-electron chi connectivity index (χ3n) is 2.46. The smallest absolute Gasteiger partial charge is 0.0658 e. The van der Waals surface area contributed by atoms with Crippen LogP contribution in [0, 0.1) is 0 Å². The standard InChI is InChI=1S/C10H14NOP/c13-12-7-10-5-8-3-1-2-4-9(8)6-11-10/h1-4,10-11H,5-7,13H2. The fourth-order valence-electron chi connectivity index (χ4n) is 1.76. The minimum Gasteiger partial charge on any atom is -0.364 e. The van der Waals surface area contributed by atoms with Gasteiger partial charge in [-0.15, -0.1) is 0 Å². The van der Waals surface area contributed by atoms with Gasteiger partial charge in [-0.3, -0.25) is 0 Å². The molecule has 1 aliphatic heterocycles. The lowest BCUT2D eigenvalue weighted by Gasteiger charge is -2.25. The van der Waals surface area contributed by atoms with Crippen molar-refractivity contribution in [3.8, 4) is 0 Å². The second-order valence-electron chi connectivity index (χ2n) is 3.38. The minimum absolute atomic E-state index is 0.465. The maximum Gasteiger partial charge on any atom is 0.0658 e.